The molecule has 2 N–H and O–H groups in total. The van der Waals surface area contributed by atoms with Crippen LogP contribution >= 0.6 is 0 Å². The summed E-state index contributed by atoms with van der Waals surface area (Å²) in [6.07, 6.45) is 4.86. The van der Waals surface area contributed by atoms with Gasteiger partial charge in [-0.15, -0.1) is 0 Å². The summed E-state index contributed by atoms with van der Waals surface area (Å²) in [5, 5.41) is 0. The number of rotatable bonds is 6. The number of nitrogens with two attached hydrogens (primary N) is 1. The van der Waals surface area contributed by atoms with Crippen molar-refractivity contribution in [3.05, 3.63) is 11.6 Å². The van der Waals surface area contributed by atoms with Gasteiger partial charge in [-0.2, -0.15) is 0 Å². The lowest BCUT2D eigenvalue weighted by Gasteiger charge is -2.28. The number of amides is 1. The van der Waals surface area contributed by atoms with Crippen LogP contribution in [0.1, 0.15) is 26.2 Å². The first-order chi connectivity index (χ1) is 8.19. The Balaban J connectivity index is 2.39. The van der Waals surface area contributed by atoms with E-state index < -0.39 is 0 Å². The monoisotopic (exact) mass is 240 g/mol. The van der Waals surface area contributed by atoms with Gasteiger partial charge in [0.05, 0.1) is 6.61 Å². The number of hydrogen-bond donors (Lipinski definition) is 1. The smallest absolute Gasteiger partial charge is 0.225 e. The zero-order chi connectivity index (χ0) is 12.7. The first-order valence-electron chi connectivity index (χ1n) is 6.34. The van der Waals surface area contributed by atoms with Crippen LogP contribution in [-0.4, -0.2) is 44.2 Å². The van der Waals surface area contributed by atoms with E-state index >= 15 is 0 Å². The number of nitrogens with zero attached hydrogens (tertiary/aromatic N) is 1. The van der Waals surface area contributed by atoms with Gasteiger partial charge in [0.1, 0.15) is 0 Å². The molecule has 1 heterocycles. The highest BCUT2D eigenvalue weighted by atomic mass is 16.5. The van der Waals surface area contributed by atoms with Gasteiger partial charge in [-0.05, 0) is 31.4 Å². The summed E-state index contributed by atoms with van der Waals surface area (Å²) < 4.78 is 5.09. The van der Waals surface area contributed by atoms with E-state index in [4.69, 9.17) is 10.5 Å². The van der Waals surface area contributed by atoms with Crippen LogP contribution in [0.3, 0.4) is 0 Å². The number of hydrogen-bond acceptors (Lipinski definition) is 3. The Morgan fingerprint density at radius 1 is 1.65 bits per heavy atom. The molecule has 0 bridgehead atoms. The first-order valence-corrected chi connectivity index (χ1v) is 6.34. The lowest BCUT2D eigenvalue weighted by atomic mass is 10.0. The topological polar surface area (TPSA) is 55.6 Å². The minimum absolute atomic E-state index is 0.0934. The van der Waals surface area contributed by atoms with Gasteiger partial charge in [0.2, 0.25) is 5.91 Å². The van der Waals surface area contributed by atoms with Gasteiger partial charge >= 0.3 is 0 Å². The van der Waals surface area contributed by atoms with E-state index in [-0.39, 0.29) is 11.8 Å². The third kappa shape index (κ3) is 4.48. The average Bonchev–Trinajstić information content (AvgIpc) is 2.36. The maximum absolute atomic E-state index is 12.1. The van der Waals surface area contributed by atoms with Gasteiger partial charge in [0.25, 0.3) is 0 Å². The predicted molar refractivity (Wildman–Crippen MR) is 68.6 cm³/mol. The maximum atomic E-state index is 12.1. The molecule has 0 radical (unpaired) electrons. The van der Waals surface area contributed by atoms with E-state index in [0.29, 0.717) is 13.2 Å². The zero-order valence-electron chi connectivity index (χ0n) is 10.9. The van der Waals surface area contributed by atoms with E-state index in [0.717, 1.165) is 32.4 Å². The molecule has 1 amide bonds. The summed E-state index contributed by atoms with van der Waals surface area (Å²) in [6, 6.07) is 0. The Morgan fingerprint density at radius 3 is 2.94 bits per heavy atom. The van der Waals surface area contributed by atoms with Crippen LogP contribution in [-0.2, 0) is 9.53 Å². The van der Waals surface area contributed by atoms with Gasteiger partial charge in [-0.25, -0.2) is 0 Å². The molecule has 1 aliphatic rings. The molecule has 0 saturated carbocycles. The van der Waals surface area contributed by atoms with Gasteiger partial charge in [-0.1, -0.05) is 13.0 Å². The molecule has 1 aliphatic heterocycles. The van der Waals surface area contributed by atoms with Crippen molar-refractivity contribution >= 4 is 5.91 Å². The molecule has 1 atom stereocenters. The zero-order valence-corrected chi connectivity index (χ0v) is 10.9. The van der Waals surface area contributed by atoms with Crippen LogP contribution in [0.2, 0.25) is 0 Å². The van der Waals surface area contributed by atoms with Crippen LogP contribution in [0.15, 0.2) is 11.6 Å². The van der Waals surface area contributed by atoms with Crippen LogP contribution in [0.4, 0.5) is 0 Å². The van der Waals surface area contributed by atoms with Crippen molar-refractivity contribution in [2.45, 2.75) is 26.2 Å². The van der Waals surface area contributed by atoms with Crippen LogP contribution < -0.4 is 5.73 Å². The highest BCUT2D eigenvalue weighted by molar-refractivity contribution is 5.78. The van der Waals surface area contributed by atoms with Crippen molar-refractivity contribution in [2.75, 3.05) is 33.4 Å². The summed E-state index contributed by atoms with van der Waals surface area (Å²) in [4.78, 5) is 14.0. The van der Waals surface area contributed by atoms with Crippen LogP contribution in [0, 0.1) is 5.92 Å². The van der Waals surface area contributed by atoms with Gasteiger partial charge in [-0.3, -0.25) is 4.79 Å². The second kappa shape index (κ2) is 7.45. The molecule has 1 unspecified atom stereocenters. The number of ether oxygens (including phenoxy) is 1. The number of carbonyl (C=O) groups excluding carboxylic acids is 1. The van der Waals surface area contributed by atoms with Crippen molar-refractivity contribution in [3.63, 3.8) is 0 Å². The van der Waals surface area contributed by atoms with Gasteiger partial charge < -0.3 is 15.4 Å². The standard InChI is InChI=1S/C13H24N2O2/c1-11(4-3-7-14)13(16)15-8-5-12(6-9-15)10-17-2/h5,11H,3-4,6-10,14H2,1-2H3. The fourth-order valence-corrected chi connectivity index (χ4v) is 2.09. The Morgan fingerprint density at radius 2 is 2.41 bits per heavy atom. The minimum Gasteiger partial charge on any atom is -0.380 e. The highest BCUT2D eigenvalue weighted by Gasteiger charge is 2.21. The van der Waals surface area contributed by atoms with Crippen molar-refractivity contribution in [3.8, 4) is 0 Å². The number of carbonyl (C=O) groups is 1. The van der Waals surface area contributed by atoms with Gasteiger partial charge in [0, 0.05) is 26.1 Å². The van der Waals surface area contributed by atoms with Crippen LogP contribution in [0.25, 0.3) is 0 Å². The molecule has 98 valence electrons. The minimum atomic E-state index is 0.0934. The van der Waals surface area contributed by atoms with Crippen molar-refractivity contribution < 1.29 is 9.53 Å². The second-order valence-corrected chi connectivity index (χ2v) is 4.66. The largest absolute Gasteiger partial charge is 0.380 e. The molecular formula is C13H24N2O2. The summed E-state index contributed by atoms with van der Waals surface area (Å²) in [6.45, 7) is 4.89. The number of methoxy groups -OCH3 is 1. The van der Waals surface area contributed by atoms with E-state index in [1.54, 1.807) is 7.11 Å². The Hall–Kier alpha value is -0.870. The maximum Gasteiger partial charge on any atom is 0.225 e. The fraction of sp³-hybridized carbons (Fsp3) is 0.769. The molecule has 0 saturated heterocycles. The molecule has 0 aromatic rings. The molecular weight excluding hydrogens is 216 g/mol. The van der Waals surface area contributed by atoms with Crippen molar-refractivity contribution in [1.82, 2.24) is 4.90 Å². The molecule has 0 aromatic carbocycles. The summed E-state index contributed by atoms with van der Waals surface area (Å²) >= 11 is 0. The van der Waals surface area contributed by atoms with E-state index in [1.807, 2.05) is 11.8 Å². The average molecular weight is 240 g/mol. The van der Waals surface area contributed by atoms with Crippen molar-refractivity contribution in [2.24, 2.45) is 11.7 Å². The van der Waals surface area contributed by atoms with Gasteiger partial charge in [0.15, 0.2) is 0 Å². The molecule has 0 aliphatic carbocycles. The first kappa shape index (κ1) is 14.2. The Kier molecular flexibility index (Phi) is 6.22. The quantitative estimate of drug-likeness (QED) is 0.709. The Labute approximate surface area is 104 Å². The van der Waals surface area contributed by atoms with E-state index in [1.165, 1.54) is 5.57 Å². The summed E-state index contributed by atoms with van der Waals surface area (Å²) in [5.41, 5.74) is 6.76. The molecule has 0 fully saturated rings. The highest BCUT2D eigenvalue weighted by Crippen LogP contribution is 2.15. The molecule has 4 heteroatoms. The molecule has 17 heavy (non-hydrogen) atoms. The SMILES string of the molecule is COCC1=CCN(C(=O)C(C)CCCN)CC1. The predicted octanol–water partition coefficient (Wildman–Crippen LogP) is 1.17. The molecule has 0 spiro atoms. The second-order valence-electron chi connectivity index (χ2n) is 4.66. The third-order valence-electron chi connectivity index (χ3n) is 3.21. The van der Waals surface area contributed by atoms with Crippen molar-refractivity contribution in [1.29, 1.82) is 0 Å². The normalized spacial score (nSPS) is 17.8. The van der Waals surface area contributed by atoms with E-state index in [9.17, 15) is 4.79 Å². The van der Waals surface area contributed by atoms with Crippen LogP contribution in [0.5, 0.6) is 0 Å². The molecule has 0 aromatic heterocycles. The third-order valence-corrected chi connectivity index (χ3v) is 3.21. The molecule has 1 rings (SSSR count). The fourth-order valence-electron chi connectivity index (χ4n) is 2.09. The summed E-state index contributed by atoms with van der Waals surface area (Å²) in [5.74, 6) is 0.349. The Bertz CT molecular complexity index is 277. The summed E-state index contributed by atoms with van der Waals surface area (Å²) in [7, 11) is 1.70. The molecule has 4 nitrogen and oxygen atoms in total. The lowest BCUT2D eigenvalue weighted by Crippen LogP contribution is -2.38. The lowest BCUT2D eigenvalue weighted by molar-refractivity contribution is -0.134. The van der Waals surface area contributed by atoms with E-state index in [2.05, 4.69) is 6.08 Å².